The molecule has 3 aromatic rings. The Balaban J connectivity index is 1.70. The second-order valence-electron chi connectivity index (χ2n) is 7.88. The highest BCUT2D eigenvalue weighted by Crippen LogP contribution is 2.38. The minimum absolute atomic E-state index is 0.155. The van der Waals surface area contributed by atoms with Crippen molar-refractivity contribution >= 4 is 38.9 Å². The van der Waals surface area contributed by atoms with Gasteiger partial charge in [0.25, 0.3) is 15.9 Å². The standard InChI is InChI=1S/C24H23ClN2O4S/c1-15-4-9-19(10-5-15)32(29,30)27-14-23(31-22-11-6-16(2)12-21(22)27)24(28)26-20-13-18(25)8-7-17(20)3/h4-13,23H,14H2,1-3H3,(H,26,28). The Kier molecular flexibility index (Phi) is 5.88. The van der Waals surface area contributed by atoms with Crippen LogP contribution in [0.2, 0.25) is 5.02 Å². The van der Waals surface area contributed by atoms with Gasteiger partial charge >= 0.3 is 0 Å². The highest BCUT2D eigenvalue weighted by atomic mass is 35.5. The lowest BCUT2D eigenvalue weighted by atomic mass is 10.1. The zero-order chi connectivity index (χ0) is 23.0. The van der Waals surface area contributed by atoms with E-state index in [1.807, 2.05) is 26.8 Å². The van der Waals surface area contributed by atoms with E-state index < -0.39 is 22.0 Å². The molecule has 1 N–H and O–H groups in total. The number of ether oxygens (including phenoxy) is 1. The third kappa shape index (κ3) is 4.31. The molecule has 1 amide bonds. The Morgan fingerprint density at radius 2 is 1.69 bits per heavy atom. The molecule has 0 saturated heterocycles. The van der Waals surface area contributed by atoms with E-state index in [0.29, 0.717) is 22.1 Å². The van der Waals surface area contributed by atoms with E-state index in [1.165, 1.54) is 4.31 Å². The SMILES string of the molecule is Cc1ccc(S(=O)(=O)N2CC(C(=O)Nc3cc(Cl)ccc3C)Oc3ccc(C)cc32)cc1. The van der Waals surface area contributed by atoms with E-state index in [1.54, 1.807) is 54.6 Å². The summed E-state index contributed by atoms with van der Waals surface area (Å²) >= 11 is 6.06. The van der Waals surface area contributed by atoms with Crippen LogP contribution in [0, 0.1) is 20.8 Å². The van der Waals surface area contributed by atoms with Gasteiger partial charge in [-0.1, -0.05) is 41.4 Å². The van der Waals surface area contributed by atoms with Crippen molar-refractivity contribution in [2.45, 2.75) is 31.8 Å². The van der Waals surface area contributed by atoms with Gasteiger partial charge in [-0.25, -0.2) is 8.42 Å². The lowest BCUT2D eigenvalue weighted by molar-refractivity contribution is -0.122. The first-order chi connectivity index (χ1) is 15.1. The average Bonchev–Trinajstić information content (AvgIpc) is 2.75. The predicted octanol–water partition coefficient (Wildman–Crippen LogP) is 4.86. The van der Waals surface area contributed by atoms with Gasteiger partial charge in [0.05, 0.1) is 17.1 Å². The number of aryl methyl sites for hydroxylation is 3. The van der Waals surface area contributed by atoms with Crippen molar-refractivity contribution in [1.29, 1.82) is 0 Å². The molecule has 1 aliphatic rings. The molecule has 0 saturated carbocycles. The maximum atomic E-state index is 13.5. The largest absolute Gasteiger partial charge is 0.476 e. The molecule has 1 aliphatic heterocycles. The molecule has 0 aromatic heterocycles. The number of carbonyl (C=O) groups is 1. The number of hydrogen-bond donors (Lipinski definition) is 1. The van der Waals surface area contributed by atoms with Crippen LogP contribution in [0.25, 0.3) is 0 Å². The highest BCUT2D eigenvalue weighted by Gasteiger charge is 2.37. The molecular formula is C24H23ClN2O4S. The number of nitrogens with zero attached hydrogens (tertiary/aromatic N) is 1. The van der Waals surface area contributed by atoms with Crippen LogP contribution < -0.4 is 14.4 Å². The van der Waals surface area contributed by atoms with Gasteiger partial charge in [-0.3, -0.25) is 9.10 Å². The zero-order valence-electron chi connectivity index (χ0n) is 17.9. The predicted molar refractivity (Wildman–Crippen MR) is 126 cm³/mol. The summed E-state index contributed by atoms with van der Waals surface area (Å²) in [6.07, 6.45) is -1.04. The Labute approximate surface area is 192 Å². The maximum absolute atomic E-state index is 13.5. The lowest BCUT2D eigenvalue weighted by Crippen LogP contribution is -2.48. The molecule has 1 atom stereocenters. The fourth-order valence-corrected chi connectivity index (χ4v) is 5.14. The van der Waals surface area contributed by atoms with Crippen LogP contribution in [0.4, 0.5) is 11.4 Å². The fraction of sp³-hybridized carbons (Fsp3) is 0.208. The molecule has 0 fully saturated rings. The monoisotopic (exact) mass is 470 g/mol. The summed E-state index contributed by atoms with van der Waals surface area (Å²) in [5.74, 6) is -0.119. The van der Waals surface area contributed by atoms with Crippen LogP contribution in [0.1, 0.15) is 16.7 Å². The number of halogens is 1. The van der Waals surface area contributed by atoms with Crippen molar-refractivity contribution in [3.63, 3.8) is 0 Å². The van der Waals surface area contributed by atoms with Crippen molar-refractivity contribution < 1.29 is 17.9 Å². The van der Waals surface area contributed by atoms with Crippen molar-refractivity contribution in [2.24, 2.45) is 0 Å². The number of sulfonamides is 1. The number of nitrogens with one attached hydrogen (secondary N) is 1. The summed E-state index contributed by atoms with van der Waals surface area (Å²) in [7, 11) is -3.91. The van der Waals surface area contributed by atoms with Gasteiger partial charge in [0.15, 0.2) is 6.10 Å². The summed E-state index contributed by atoms with van der Waals surface area (Å²) in [6, 6.07) is 17.1. The molecule has 4 rings (SSSR count). The molecule has 0 bridgehead atoms. The van der Waals surface area contributed by atoms with Gasteiger partial charge < -0.3 is 10.1 Å². The molecule has 32 heavy (non-hydrogen) atoms. The van der Waals surface area contributed by atoms with Gasteiger partial charge in [0.2, 0.25) is 0 Å². The van der Waals surface area contributed by atoms with E-state index in [4.69, 9.17) is 16.3 Å². The number of rotatable bonds is 4. The van der Waals surface area contributed by atoms with Crippen molar-refractivity contribution in [1.82, 2.24) is 0 Å². The van der Waals surface area contributed by atoms with E-state index in [0.717, 1.165) is 16.7 Å². The van der Waals surface area contributed by atoms with Crippen LogP contribution in [0.5, 0.6) is 5.75 Å². The van der Waals surface area contributed by atoms with Gasteiger partial charge in [0.1, 0.15) is 5.75 Å². The summed E-state index contributed by atoms with van der Waals surface area (Å²) < 4.78 is 34.2. The average molecular weight is 471 g/mol. The summed E-state index contributed by atoms with van der Waals surface area (Å²) in [5, 5.41) is 3.30. The maximum Gasteiger partial charge on any atom is 0.267 e. The van der Waals surface area contributed by atoms with E-state index in [2.05, 4.69) is 5.32 Å². The number of fused-ring (bicyclic) bond motifs is 1. The molecule has 6 nitrogen and oxygen atoms in total. The van der Waals surface area contributed by atoms with Gasteiger partial charge in [0, 0.05) is 10.7 Å². The van der Waals surface area contributed by atoms with Crippen LogP contribution in [0.15, 0.2) is 65.6 Å². The highest BCUT2D eigenvalue weighted by molar-refractivity contribution is 7.92. The van der Waals surface area contributed by atoms with Crippen LogP contribution >= 0.6 is 11.6 Å². The molecular weight excluding hydrogens is 448 g/mol. The number of anilines is 2. The first-order valence-electron chi connectivity index (χ1n) is 10.1. The summed E-state index contributed by atoms with van der Waals surface area (Å²) in [5.41, 5.74) is 3.63. The molecule has 1 unspecified atom stereocenters. The summed E-state index contributed by atoms with van der Waals surface area (Å²) in [4.78, 5) is 13.2. The van der Waals surface area contributed by atoms with Crippen molar-refractivity contribution in [3.05, 3.63) is 82.4 Å². The quantitative estimate of drug-likeness (QED) is 0.590. The van der Waals surface area contributed by atoms with Crippen molar-refractivity contribution in [3.8, 4) is 5.75 Å². The van der Waals surface area contributed by atoms with Crippen LogP contribution in [0.3, 0.4) is 0 Å². The first kappa shape index (κ1) is 22.2. The van der Waals surface area contributed by atoms with Gasteiger partial charge in [-0.2, -0.15) is 0 Å². The molecule has 0 radical (unpaired) electrons. The number of benzene rings is 3. The lowest BCUT2D eigenvalue weighted by Gasteiger charge is -2.35. The Hall–Kier alpha value is -3.03. The topological polar surface area (TPSA) is 75.7 Å². The molecule has 8 heteroatoms. The smallest absolute Gasteiger partial charge is 0.267 e. The van der Waals surface area contributed by atoms with E-state index in [-0.39, 0.29) is 11.4 Å². The number of amides is 1. The second-order valence-corrected chi connectivity index (χ2v) is 10.2. The fourth-order valence-electron chi connectivity index (χ4n) is 3.51. The first-order valence-corrected chi connectivity index (χ1v) is 11.9. The Bertz CT molecular complexity index is 1290. The molecule has 0 spiro atoms. The summed E-state index contributed by atoms with van der Waals surface area (Å²) in [6.45, 7) is 5.46. The second kappa shape index (κ2) is 8.48. The molecule has 0 aliphatic carbocycles. The minimum atomic E-state index is -3.91. The molecule has 3 aromatic carbocycles. The van der Waals surface area contributed by atoms with Crippen LogP contribution in [-0.2, 0) is 14.8 Å². The van der Waals surface area contributed by atoms with Crippen molar-refractivity contribution in [2.75, 3.05) is 16.2 Å². The molecule has 166 valence electrons. The zero-order valence-corrected chi connectivity index (χ0v) is 19.5. The minimum Gasteiger partial charge on any atom is -0.476 e. The molecule has 1 heterocycles. The third-order valence-corrected chi connectivity index (χ3v) is 7.37. The Morgan fingerprint density at radius 3 is 2.41 bits per heavy atom. The van der Waals surface area contributed by atoms with Crippen LogP contribution in [-0.4, -0.2) is 27.0 Å². The van der Waals surface area contributed by atoms with E-state index >= 15 is 0 Å². The van der Waals surface area contributed by atoms with Gasteiger partial charge in [-0.05, 0) is 68.3 Å². The number of carbonyl (C=O) groups excluding carboxylic acids is 1. The van der Waals surface area contributed by atoms with E-state index in [9.17, 15) is 13.2 Å². The third-order valence-electron chi connectivity index (χ3n) is 5.34. The van der Waals surface area contributed by atoms with Gasteiger partial charge in [-0.15, -0.1) is 0 Å². The number of hydrogen-bond acceptors (Lipinski definition) is 4. The Morgan fingerprint density at radius 1 is 1.00 bits per heavy atom. The normalized spacial score (nSPS) is 15.6.